The van der Waals surface area contributed by atoms with Crippen LogP contribution in [0.1, 0.15) is 19.4 Å². The van der Waals surface area contributed by atoms with Crippen LogP contribution in [0.2, 0.25) is 0 Å². The lowest BCUT2D eigenvalue weighted by atomic mass is 10.0. The van der Waals surface area contributed by atoms with E-state index in [1.54, 1.807) is 17.2 Å². The van der Waals surface area contributed by atoms with Gasteiger partial charge >= 0.3 is 0 Å². The normalized spacial score (nSPS) is 14.0. The SMILES string of the molecule is CC(C)C(Cn1nccn1)NC(=O)Cc1ccc2c(c1)OCO2. The number of carbonyl (C=O) groups excluding carboxylic acids is 1. The number of rotatable bonds is 6. The summed E-state index contributed by atoms with van der Waals surface area (Å²) in [6.45, 7) is 4.92. The first-order valence-electron chi connectivity index (χ1n) is 7.64. The standard InChI is InChI=1S/C16H20N4O3/c1-11(2)13(9-20-17-5-6-18-20)19-16(21)8-12-3-4-14-15(7-12)23-10-22-14/h3-7,11,13H,8-10H2,1-2H3,(H,19,21). The molecule has 0 spiro atoms. The largest absolute Gasteiger partial charge is 0.454 e. The number of benzene rings is 1. The molecule has 0 bridgehead atoms. The summed E-state index contributed by atoms with van der Waals surface area (Å²) in [5.41, 5.74) is 0.895. The van der Waals surface area contributed by atoms with Crippen LogP contribution in [0.4, 0.5) is 0 Å². The van der Waals surface area contributed by atoms with Gasteiger partial charge < -0.3 is 14.8 Å². The molecule has 1 aromatic heterocycles. The van der Waals surface area contributed by atoms with Gasteiger partial charge in [-0.15, -0.1) is 0 Å². The molecule has 0 saturated heterocycles. The van der Waals surface area contributed by atoms with Crippen molar-refractivity contribution in [1.29, 1.82) is 0 Å². The van der Waals surface area contributed by atoms with Crippen molar-refractivity contribution in [3.8, 4) is 11.5 Å². The molecule has 1 aliphatic rings. The smallest absolute Gasteiger partial charge is 0.231 e. The third-order valence-corrected chi connectivity index (χ3v) is 3.78. The van der Waals surface area contributed by atoms with Crippen LogP contribution in [0.3, 0.4) is 0 Å². The number of hydrogen-bond acceptors (Lipinski definition) is 5. The summed E-state index contributed by atoms with van der Waals surface area (Å²) in [5, 5.41) is 11.2. The maximum atomic E-state index is 12.3. The molecule has 1 atom stereocenters. The highest BCUT2D eigenvalue weighted by atomic mass is 16.7. The molecule has 7 heteroatoms. The van der Waals surface area contributed by atoms with E-state index in [9.17, 15) is 4.79 Å². The van der Waals surface area contributed by atoms with Crippen LogP contribution in [0.15, 0.2) is 30.6 Å². The van der Waals surface area contributed by atoms with Crippen LogP contribution in [0, 0.1) is 5.92 Å². The molecule has 0 aliphatic carbocycles. The van der Waals surface area contributed by atoms with E-state index in [-0.39, 0.29) is 24.7 Å². The predicted octanol–water partition coefficient (Wildman–Crippen LogP) is 1.39. The van der Waals surface area contributed by atoms with Gasteiger partial charge in [0.25, 0.3) is 0 Å². The zero-order valence-corrected chi connectivity index (χ0v) is 13.2. The van der Waals surface area contributed by atoms with Crippen LogP contribution in [0.5, 0.6) is 11.5 Å². The summed E-state index contributed by atoms with van der Waals surface area (Å²) < 4.78 is 10.6. The van der Waals surface area contributed by atoms with Gasteiger partial charge in [0.15, 0.2) is 11.5 Å². The summed E-state index contributed by atoms with van der Waals surface area (Å²) in [6, 6.07) is 5.54. The molecule has 3 rings (SSSR count). The van der Waals surface area contributed by atoms with Gasteiger partial charge in [0, 0.05) is 0 Å². The van der Waals surface area contributed by atoms with Gasteiger partial charge in [-0.05, 0) is 23.6 Å². The molecule has 2 aromatic rings. The minimum absolute atomic E-state index is 0.0242. The molecule has 1 amide bonds. The van der Waals surface area contributed by atoms with E-state index in [0.717, 1.165) is 11.3 Å². The highest BCUT2D eigenvalue weighted by molar-refractivity contribution is 5.79. The van der Waals surface area contributed by atoms with Crippen molar-refractivity contribution >= 4 is 5.91 Å². The predicted molar refractivity (Wildman–Crippen MR) is 83.1 cm³/mol. The fraction of sp³-hybridized carbons (Fsp3) is 0.438. The zero-order valence-electron chi connectivity index (χ0n) is 13.2. The van der Waals surface area contributed by atoms with Gasteiger partial charge in [0.1, 0.15) is 0 Å². The number of hydrogen-bond donors (Lipinski definition) is 1. The lowest BCUT2D eigenvalue weighted by molar-refractivity contribution is -0.121. The third-order valence-electron chi connectivity index (χ3n) is 3.78. The number of amides is 1. The Hall–Kier alpha value is -2.57. The Morgan fingerprint density at radius 2 is 2.00 bits per heavy atom. The molecule has 0 fully saturated rings. The van der Waals surface area contributed by atoms with Gasteiger partial charge in [-0.1, -0.05) is 19.9 Å². The Balaban J connectivity index is 1.60. The molecule has 0 saturated carbocycles. The highest BCUT2D eigenvalue weighted by Gasteiger charge is 2.19. The van der Waals surface area contributed by atoms with Crippen molar-refractivity contribution in [3.63, 3.8) is 0 Å². The summed E-state index contributed by atoms with van der Waals surface area (Å²) in [7, 11) is 0. The van der Waals surface area contributed by atoms with Crippen LogP contribution < -0.4 is 14.8 Å². The van der Waals surface area contributed by atoms with Crippen LogP contribution in [-0.2, 0) is 17.8 Å². The Labute approximate surface area is 134 Å². The number of nitrogens with one attached hydrogen (secondary N) is 1. The van der Waals surface area contributed by atoms with E-state index in [1.807, 2.05) is 18.2 Å². The minimum Gasteiger partial charge on any atom is -0.454 e. The molecule has 7 nitrogen and oxygen atoms in total. The quantitative estimate of drug-likeness (QED) is 0.871. The average Bonchev–Trinajstić information content (AvgIpc) is 3.16. The van der Waals surface area contributed by atoms with Crippen molar-refractivity contribution in [1.82, 2.24) is 20.3 Å². The van der Waals surface area contributed by atoms with Gasteiger partial charge in [-0.3, -0.25) is 4.79 Å². The summed E-state index contributed by atoms with van der Waals surface area (Å²) in [4.78, 5) is 13.9. The van der Waals surface area contributed by atoms with Crippen molar-refractivity contribution in [2.24, 2.45) is 5.92 Å². The maximum Gasteiger partial charge on any atom is 0.231 e. The summed E-state index contributed by atoms with van der Waals surface area (Å²) >= 11 is 0. The second-order valence-electron chi connectivity index (χ2n) is 5.87. The minimum atomic E-state index is -0.0327. The van der Waals surface area contributed by atoms with Crippen molar-refractivity contribution in [2.45, 2.75) is 32.9 Å². The van der Waals surface area contributed by atoms with Crippen molar-refractivity contribution < 1.29 is 14.3 Å². The number of nitrogens with zero attached hydrogens (tertiary/aromatic N) is 3. The molecule has 0 radical (unpaired) electrons. The van der Waals surface area contributed by atoms with E-state index >= 15 is 0 Å². The van der Waals surface area contributed by atoms with Crippen molar-refractivity contribution in [3.05, 3.63) is 36.2 Å². The lowest BCUT2D eigenvalue weighted by Crippen LogP contribution is -2.42. The topological polar surface area (TPSA) is 78.3 Å². The number of carbonyl (C=O) groups is 1. The third kappa shape index (κ3) is 3.80. The Morgan fingerprint density at radius 3 is 2.74 bits per heavy atom. The second-order valence-corrected chi connectivity index (χ2v) is 5.87. The number of fused-ring (bicyclic) bond motifs is 1. The van der Waals surface area contributed by atoms with Crippen LogP contribution in [0.25, 0.3) is 0 Å². The number of aromatic nitrogens is 3. The molecular weight excluding hydrogens is 296 g/mol. The second kappa shape index (κ2) is 6.68. The Morgan fingerprint density at radius 1 is 1.26 bits per heavy atom. The van der Waals surface area contributed by atoms with Gasteiger partial charge in [0.2, 0.25) is 12.7 Å². The summed E-state index contributed by atoms with van der Waals surface area (Å²) in [5.74, 6) is 1.66. The van der Waals surface area contributed by atoms with E-state index in [1.165, 1.54) is 0 Å². The van der Waals surface area contributed by atoms with E-state index in [2.05, 4.69) is 29.4 Å². The van der Waals surface area contributed by atoms with Crippen LogP contribution in [-0.4, -0.2) is 33.7 Å². The molecule has 1 unspecified atom stereocenters. The Bertz CT molecular complexity index is 670. The molecule has 1 aliphatic heterocycles. The molecule has 1 N–H and O–H groups in total. The lowest BCUT2D eigenvalue weighted by Gasteiger charge is -2.21. The molecule has 1 aromatic carbocycles. The van der Waals surface area contributed by atoms with Gasteiger partial charge in [0.05, 0.1) is 31.4 Å². The maximum absolute atomic E-state index is 12.3. The first-order valence-corrected chi connectivity index (χ1v) is 7.64. The van der Waals surface area contributed by atoms with Crippen molar-refractivity contribution in [2.75, 3.05) is 6.79 Å². The summed E-state index contributed by atoms with van der Waals surface area (Å²) in [6.07, 6.45) is 3.56. The highest BCUT2D eigenvalue weighted by Crippen LogP contribution is 2.32. The Kier molecular flexibility index (Phi) is 4.45. The molecule has 2 heterocycles. The zero-order chi connectivity index (χ0) is 16.2. The van der Waals surface area contributed by atoms with Gasteiger partial charge in [-0.2, -0.15) is 15.0 Å². The first kappa shape index (κ1) is 15.3. The number of ether oxygens (including phenoxy) is 2. The van der Waals surface area contributed by atoms with E-state index in [0.29, 0.717) is 18.7 Å². The monoisotopic (exact) mass is 316 g/mol. The van der Waals surface area contributed by atoms with E-state index in [4.69, 9.17) is 9.47 Å². The molecule has 23 heavy (non-hydrogen) atoms. The molecular formula is C16H20N4O3. The fourth-order valence-corrected chi connectivity index (χ4v) is 2.43. The fourth-order valence-electron chi connectivity index (χ4n) is 2.43. The average molecular weight is 316 g/mol. The van der Waals surface area contributed by atoms with Crippen LogP contribution >= 0.6 is 0 Å². The first-order chi connectivity index (χ1) is 11.1. The van der Waals surface area contributed by atoms with E-state index < -0.39 is 0 Å². The van der Waals surface area contributed by atoms with Gasteiger partial charge in [-0.25, -0.2) is 0 Å². The molecule has 122 valence electrons.